The van der Waals surface area contributed by atoms with Crippen LogP contribution in [0.25, 0.3) is 0 Å². The summed E-state index contributed by atoms with van der Waals surface area (Å²) in [6, 6.07) is 20.4. The smallest absolute Gasteiger partial charge is 0.0596 e. The van der Waals surface area contributed by atoms with Gasteiger partial charge in [-0.3, -0.25) is 4.90 Å². The number of aliphatic hydroxyl groups excluding tert-OH is 1. The van der Waals surface area contributed by atoms with E-state index in [9.17, 15) is 5.11 Å². The molecule has 9 aliphatic rings. The van der Waals surface area contributed by atoms with Crippen LogP contribution in [0.4, 0.5) is 11.4 Å². The maximum absolute atomic E-state index is 11.0. The van der Waals surface area contributed by atoms with Crippen LogP contribution in [-0.4, -0.2) is 77.5 Å². The van der Waals surface area contributed by atoms with Crippen LogP contribution in [-0.2, 0) is 15.6 Å². The number of fused-ring (bicyclic) bond motifs is 4. The molecule has 0 amide bonds. The summed E-state index contributed by atoms with van der Waals surface area (Å²) in [7, 11) is 0. The molecular weight excluding hydrogens is 544 g/mol. The van der Waals surface area contributed by atoms with Gasteiger partial charge < -0.3 is 25.4 Å². The Kier molecular flexibility index (Phi) is 4.91. The maximum Gasteiger partial charge on any atom is 0.0596 e. The molecule has 13 atom stereocenters. The summed E-state index contributed by atoms with van der Waals surface area (Å²) in [6.07, 6.45) is 12.8. The molecule has 2 aromatic carbocycles. The van der Waals surface area contributed by atoms with Crippen molar-refractivity contribution in [1.29, 1.82) is 0 Å². The third-order valence-corrected chi connectivity index (χ3v) is 14.8. The highest BCUT2D eigenvalue weighted by atomic mass is 16.5. The highest BCUT2D eigenvalue weighted by molar-refractivity contribution is 5.66. The first-order chi connectivity index (χ1) is 21.6. The summed E-state index contributed by atoms with van der Waals surface area (Å²) in [5.41, 5.74) is 7.46. The molecule has 228 valence electrons. The molecule has 0 aromatic heterocycles. The molecule has 6 nitrogen and oxygen atoms in total. The number of allylic oxidation sites excluding steroid dienone is 2. The Morgan fingerprint density at radius 3 is 2.43 bits per heavy atom. The van der Waals surface area contributed by atoms with E-state index in [1.165, 1.54) is 41.8 Å². The molecule has 0 radical (unpaired) electrons. The third-order valence-electron chi connectivity index (χ3n) is 14.8. The van der Waals surface area contributed by atoms with E-state index in [1.54, 1.807) is 5.56 Å². The summed E-state index contributed by atoms with van der Waals surface area (Å²) in [6.45, 7) is 5.74. The lowest BCUT2D eigenvalue weighted by molar-refractivity contribution is -0.162. The third kappa shape index (κ3) is 2.79. The molecule has 2 aliphatic carbocycles. The number of hydrogen-bond donors (Lipinski definition) is 3. The van der Waals surface area contributed by atoms with Crippen molar-refractivity contribution in [2.45, 2.75) is 79.8 Å². The van der Waals surface area contributed by atoms with Gasteiger partial charge in [0.1, 0.15) is 0 Å². The summed E-state index contributed by atoms with van der Waals surface area (Å²) >= 11 is 0. The zero-order chi connectivity index (χ0) is 28.9. The normalized spacial score (nSPS) is 48.3. The van der Waals surface area contributed by atoms with Crippen molar-refractivity contribution in [2.24, 2.45) is 29.6 Å². The van der Waals surface area contributed by atoms with Gasteiger partial charge in [-0.05, 0) is 73.3 Å². The minimum Gasteiger partial charge on any atom is -0.396 e. The number of hydrogen-bond acceptors (Lipinski definition) is 6. The van der Waals surface area contributed by atoms with E-state index in [0.29, 0.717) is 53.9 Å². The highest BCUT2D eigenvalue weighted by Gasteiger charge is 2.69. The fraction of sp³-hybridized carbons (Fsp3) is 0.579. The lowest BCUT2D eigenvalue weighted by Gasteiger charge is -2.62. The molecule has 11 rings (SSSR count). The summed E-state index contributed by atoms with van der Waals surface area (Å²) < 4.78 is 6.68. The van der Waals surface area contributed by atoms with E-state index < -0.39 is 0 Å². The summed E-state index contributed by atoms with van der Waals surface area (Å²) in [5, 5.41) is 19.0. The number of para-hydroxylation sites is 2. The van der Waals surface area contributed by atoms with Crippen molar-refractivity contribution in [1.82, 2.24) is 9.80 Å². The Labute approximate surface area is 260 Å². The van der Waals surface area contributed by atoms with Crippen molar-refractivity contribution in [3.63, 3.8) is 0 Å². The fourth-order valence-corrected chi connectivity index (χ4v) is 13.3. The number of nitrogens with zero attached hydrogens (tertiary/aromatic N) is 2. The van der Waals surface area contributed by atoms with E-state index in [-0.39, 0.29) is 29.5 Å². The van der Waals surface area contributed by atoms with Gasteiger partial charge in [0.2, 0.25) is 0 Å². The molecule has 2 aromatic rings. The topological polar surface area (TPSA) is 60.0 Å². The predicted octanol–water partition coefficient (Wildman–Crippen LogP) is 4.73. The van der Waals surface area contributed by atoms with Gasteiger partial charge in [-0.15, -0.1) is 0 Å². The van der Waals surface area contributed by atoms with Crippen molar-refractivity contribution < 1.29 is 9.84 Å². The quantitative estimate of drug-likeness (QED) is 0.482. The van der Waals surface area contributed by atoms with Crippen molar-refractivity contribution in [3.05, 3.63) is 83.6 Å². The van der Waals surface area contributed by atoms with Gasteiger partial charge >= 0.3 is 0 Å². The van der Waals surface area contributed by atoms with Gasteiger partial charge in [0.05, 0.1) is 12.7 Å². The van der Waals surface area contributed by atoms with Crippen LogP contribution in [0.15, 0.2) is 72.5 Å². The number of ether oxygens (including phenoxy) is 1. The van der Waals surface area contributed by atoms with E-state index in [4.69, 9.17) is 4.74 Å². The van der Waals surface area contributed by atoms with Crippen molar-refractivity contribution in [3.8, 4) is 0 Å². The fourth-order valence-electron chi connectivity index (χ4n) is 13.3. The monoisotopic (exact) mass is 588 g/mol. The predicted molar refractivity (Wildman–Crippen MR) is 171 cm³/mol. The first kappa shape index (κ1) is 25.4. The second kappa shape index (κ2) is 8.51. The minimum atomic E-state index is 0.114. The van der Waals surface area contributed by atoms with E-state index in [0.717, 1.165) is 26.1 Å². The van der Waals surface area contributed by atoms with Crippen LogP contribution in [0.2, 0.25) is 0 Å². The molecule has 7 heterocycles. The molecule has 4 bridgehead atoms. The Balaban J connectivity index is 0.980. The van der Waals surface area contributed by atoms with E-state index in [1.807, 2.05) is 0 Å². The van der Waals surface area contributed by atoms with Gasteiger partial charge in [0, 0.05) is 96.1 Å². The Bertz CT molecular complexity index is 1620. The van der Waals surface area contributed by atoms with Gasteiger partial charge in [-0.25, -0.2) is 0 Å². The second-order valence-electron chi connectivity index (χ2n) is 15.8. The van der Waals surface area contributed by atoms with Crippen LogP contribution >= 0.6 is 0 Å². The molecular formula is C38H44N4O2. The first-order valence-corrected chi connectivity index (χ1v) is 17.5. The molecule has 4 saturated heterocycles. The van der Waals surface area contributed by atoms with Crippen LogP contribution in [0.5, 0.6) is 0 Å². The number of rotatable bonds is 3. The largest absolute Gasteiger partial charge is 0.396 e. The molecule has 44 heavy (non-hydrogen) atoms. The molecule has 7 aliphatic heterocycles. The zero-order valence-electron chi connectivity index (χ0n) is 25.6. The van der Waals surface area contributed by atoms with Gasteiger partial charge in [0.15, 0.2) is 0 Å². The Morgan fingerprint density at radius 2 is 1.64 bits per heavy atom. The summed E-state index contributed by atoms with van der Waals surface area (Å²) in [5.74, 6) is 2.38. The maximum atomic E-state index is 11.0. The van der Waals surface area contributed by atoms with E-state index in [2.05, 4.69) is 94.2 Å². The standard InChI is InChI=1S/C38H44N4O2/c1-21-34-24-17-33-38(28-7-3-5-9-30(28)40-36(38)26(24)20-44-21)13-15-42(33)31(34)11-10-22-18-41-14-12-37-27-6-2-4-8-29(27)39-35(37)25(19-43)23(22)16-32(37)41/h2-11,18,21,23-26,31-36,39-40,43H,12-17,19-20H2,1H3/b11-10+/t21-,23-,24+,25+,26+,31-,32-,33-,34-,35-,36-,37?,38?/m0/s1. The molecule has 2 spiro atoms. The molecule has 2 unspecified atom stereocenters. The summed E-state index contributed by atoms with van der Waals surface area (Å²) in [4.78, 5) is 5.58. The SMILES string of the molecule is C[C@@H]1OC[C@@H]2[C@H]3C[C@@H]4N(CCC45c4ccccc4N[C@@H]25)[C@@H](/C=C/C2=CN4CCC56c7ccccc7N[C@H]5[C@H](CO)[C@H]2C[C@H]46)[C@H]31. The highest BCUT2D eigenvalue weighted by Crippen LogP contribution is 2.65. The van der Waals surface area contributed by atoms with Crippen LogP contribution < -0.4 is 10.6 Å². The minimum absolute atomic E-state index is 0.114. The number of anilines is 2. The van der Waals surface area contributed by atoms with Gasteiger partial charge in [0.25, 0.3) is 0 Å². The lowest BCUT2D eigenvalue weighted by atomic mass is 9.52. The Hall–Kier alpha value is -2.80. The molecule has 3 N–H and O–H groups in total. The number of benzene rings is 2. The molecule has 6 heteroatoms. The molecule has 2 saturated carbocycles. The molecule has 6 fully saturated rings. The zero-order valence-corrected chi connectivity index (χ0v) is 25.6. The van der Waals surface area contributed by atoms with Crippen LogP contribution in [0, 0.1) is 29.6 Å². The number of piperidine rings is 1. The average molecular weight is 589 g/mol. The van der Waals surface area contributed by atoms with E-state index >= 15 is 0 Å². The van der Waals surface area contributed by atoms with Gasteiger partial charge in [-0.2, -0.15) is 0 Å². The lowest BCUT2D eigenvalue weighted by Crippen LogP contribution is -2.69. The van der Waals surface area contributed by atoms with Crippen LogP contribution in [0.1, 0.15) is 43.7 Å². The first-order valence-electron chi connectivity index (χ1n) is 17.5. The average Bonchev–Trinajstić information content (AvgIpc) is 3.81. The second-order valence-corrected chi connectivity index (χ2v) is 15.8. The van der Waals surface area contributed by atoms with Crippen molar-refractivity contribution >= 4 is 11.4 Å². The Morgan fingerprint density at radius 1 is 0.909 bits per heavy atom. The van der Waals surface area contributed by atoms with Crippen LogP contribution in [0.3, 0.4) is 0 Å². The number of nitrogens with one attached hydrogen (secondary N) is 2. The van der Waals surface area contributed by atoms with Gasteiger partial charge in [-0.1, -0.05) is 48.6 Å². The number of aliphatic hydroxyl groups is 1. The van der Waals surface area contributed by atoms with Crippen molar-refractivity contribution in [2.75, 3.05) is 36.9 Å².